The summed E-state index contributed by atoms with van der Waals surface area (Å²) in [4.78, 5) is 13.5. The molecule has 1 aromatic carbocycles. The molecule has 1 aromatic heterocycles. The third kappa shape index (κ3) is 3.89. The second kappa shape index (κ2) is 6.83. The van der Waals surface area contributed by atoms with Crippen molar-refractivity contribution in [3.05, 3.63) is 46.6 Å². The minimum Gasteiger partial charge on any atom is -0.387 e. The first-order chi connectivity index (χ1) is 10.0. The Bertz CT molecular complexity index is 637. The summed E-state index contributed by atoms with van der Waals surface area (Å²) in [6, 6.07) is 8.66. The number of carbonyl (C=O) groups excluding carboxylic acids is 1. The van der Waals surface area contributed by atoms with E-state index in [1.165, 1.54) is 17.0 Å². The molecule has 0 saturated carbocycles. The van der Waals surface area contributed by atoms with E-state index in [0.717, 1.165) is 10.4 Å². The highest BCUT2D eigenvalue weighted by Crippen LogP contribution is 2.34. The second-order valence-electron chi connectivity index (χ2n) is 5.09. The molecule has 0 unspecified atom stereocenters. The van der Waals surface area contributed by atoms with Crippen molar-refractivity contribution in [2.75, 3.05) is 6.61 Å². The van der Waals surface area contributed by atoms with Crippen LogP contribution in [0, 0.1) is 5.82 Å². The standard InChI is InChI=1S/C16H18FNO2S/c1-10(2)14-5-6-15(21-14)13-4-3-12(17)7-11(13)8-18-16(20)9-19/h3-7,10,19H,8-9H2,1-2H3,(H,18,20). The molecule has 2 aromatic rings. The normalized spacial score (nSPS) is 10.9. The summed E-state index contributed by atoms with van der Waals surface area (Å²) in [7, 11) is 0. The Labute approximate surface area is 127 Å². The quantitative estimate of drug-likeness (QED) is 0.890. The fourth-order valence-corrected chi connectivity index (χ4v) is 3.08. The molecule has 0 bridgehead atoms. The molecule has 0 fully saturated rings. The van der Waals surface area contributed by atoms with E-state index in [0.29, 0.717) is 11.5 Å². The lowest BCUT2D eigenvalue weighted by atomic mass is 10.1. The topological polar surface area (TPSA) is 49.3 Å². The van der Waals surface area contributed by atoms with E-state index < -0.39 is 12.5 Å². The highest BCUT2D eigenvalue weighted by Gasteiger charge is 2.11. The number of benzene rings is 1. The molecular weight excluding hydrogens is 289 g/mol. The van der Waals surface area contributed by atoms with Gasteiger partial charge in [0.1, 0.15) is 12.4 Å². The first kappa shape index (κ1) is 15.7. The summed E-state index contributed by atoms with van der Waals surface area (Å²) < 4.78 is 13.4. The molecule has 5 heteroatoms. The van der Waals surface area contributed by atoms with E-state index in [2.05, 4.69) is 25.2 Å². The van der Waals surface area contributed by atoms with Gasteiger partial charge in [-0.05, 0) is 41.3 Å². The Kier molecular flexibility index (Phi) is 5.09. The third-order valence-corrected chi connectivity index (χ3v) is 4.57. The predicted octanol–water partition coefficient (Wildman–Crippen LogP) is 3.29. The van der Waals surface area contributed by atoms with Crippen LogP contribution in [0.15, 0.2) is 30.3 Å². The number of aliphatic hydroxyl groups excluding tert-OH is 1. The number of nitrogens with one attached hydrogen (secondary N) is 1. The van der Waals surface area contributed by atoms with Crippen molar-refractivity contribution in [1.29, 1.82) is 0 Å². The fourth-order valence-electron chi connectivity index (χ4n) is 2.01. The second-order valence-corrected chi connectivity index (χ2v) is 6.21. The molecule has 2 rings (SSSR count). The van der Waals surface area contributed by atoms with Crippen molar-refractivity contribution >= 4 is 17.2 Å². The van der Waals surface area contributed by atoms with Gasteiger partial charge in [-0.1, -0.05) is 19.9 Å². The maximum atomic E-state index is 13.4. The van der Waals surface area contributed by atoms with Crippen molar-refractivity contribution in [2.45, 2.75) is 26.3 Å². The number of aliphatic hydroxyl groups is 1. The molecule has 0 spiro atoms. The lowest BCUT2D eigenvalue weighted by Crippen LogP contribution is -2.25. The molecule has 0 aliphatic heterocycles. The lowest BCUT2D eigenvalue weighted by Gasteiger charge is -2.09. The summed E-state index contributed by atoms with van der Waals surface area (Å²) in [5, 5.41) is 11.3. The van der Waals surface area contributed by atoms with Crippen LogP contribution in [-0.4, -0.2) is 17.6 Å². The van der Waals surface area contributed by atoms with Crippen LogP contribution in [0.25, 0.3) is 10.4 Å². The number of hydrogen-bond donors (Lipinski definition) is 2. The van der Waals surface area contributed by atoms with Gasteiger partial charge in [-0.2, -0.15) is 0 Å². The van der Waals surface area contributed by atoms with Crippen LogP contribution in [0.5, 0.6) is 0 Å². The van der Waals surface area contributed by atoms with Crippen LogP contribution in [0.1, 0.15) is 30.2 Å². The minimum atomic E-state index is -0.568. The summed E-state index contributed by atoms with van der Waals surface area (Å²) in [6.45, 7) is 3.88. The van der Waals surface area contributed by atoms with Gasteiger partial charge in [-0.25, -0.2) is 4.39 Å². The van der Waals surface area contributed by atoms with Crippen LogP contribution in [0.3, 0.4) is 0 Å². The van der Waals surface area contributed by atoms with Gasteiger partial charge in [-0.3, -0.25) is 4.79 Å². The molecule has 0 aliphatic rings. The lowest BCUT2D eigenvalue weighted by molar-refractivity contribution is -0.123. The molecule has 21 heavy (non-hydrogen) atoms. The number of rotatable bonds is 5. The monoisotopic (exact) mass is 307 g/mol. The van der Waals surface area contributed by atoms with E-state index in [1.807, 2.05) is 6.07 Å². The summed E-state index contributed by atoms with van der Waals surface area (Å²) in [6.07, 6.45) is 0. The number of thiophene rings is 1. The molecule has 0 atom stereocenters. The van der Waals surface area contributed by atoms with Crippen LogP contribution < -0.4 is 5.32 Å². The summed E-state index contributed by atoms with van der Waals surface area (Å²) in [5.41, 5.74) is 1.61. The highest BCUT2D eigenvalue weighted by atomic mass is 32.1. The van der Waals surface area contributed by atoms with Crippen molar-refractivity contribution < 1.29 is 14.3 Å². The van der Waals surface area contributed by atoms with Crippen molar-refractivity contribution in [1.82, 2.24) is 5.32 Å². The number of hydrogen-bond acceptors (Lipinski definition) is 3. The van der Waals surface area contributed by atoms with Gasteiger partial charge in [0.2, 0.25) is 5.91 Å². The molecular formula is C16H18FNO2S. The van der Waals surface area contributed by atoms with Crippen molar-refractivity contribution in [2.24, 2.45) is 0 Å². The minimum absolute atomic E-state index is 0.196. The number of amides is 1. The van der Waals surface area contributed by atoms with E-state index in [9.17, 15) is 9.18 Å². The van der Waals surface area contributed by atoms with Crippen LogP contribution in [0.4, 0.5) is 4.39 Å². The molecule has 1 heterocycles. The van der Waals surface area contributed by atoms with Gasteiger partial charge in [0.05, 0.1) is 0 Å². The van der Waals surface area contributed by atoms with Gasteiger partial charge in [0.25, 0.3) is 0 Å². The summed E-state index contributed by atoms with van der Waals surface area (Å²) >= 11 is 1.67. The van der Waals surface area contributed by atoms with Gasteiger partial charge in [0.15, 0.2) is 0 Å². The molecule has 0 radical (unpaired) electrons. The zero-order valence-electron chi connectivity index (χ0n) is 12.0. The first-order valence-corrected chi connectivity index (χ1v) is 7.59. The van der Waals surface area contributed by atoms with Crippen LogP contribution >= 0.6 is 11.3 Å². The maximum absolute atomic E-state index is 13.4. The average Bonchev–Trinajstić information content (AvgIpc) is 2.94. The van der Waals surface area contributed by atoms with Crippen LogP contribution in [-0.2, 0) is 11.3 Å². The van der Waals surface area contributed by atoms with Gasteiger partial charge in [-0.15, -0.1) is 11.3 Å². The van der Waals surface area contributed by atoms with E-state index >= 15 is 0 Å². The Hall–Kier alpha value is -1.72. The third-order valence-electron chi connectivity index (χ3n) is 3.15. The molecule has 2 N–H and O–H groups in total. The van der Waals surface area contributed by atoms with Gasteiger partial charge < -0.3 is 10.4 Å². The largest absolute Gasteiger partial charge is 0.387 e. The smallest absolute Gasteiger partial charge is 0.245 e. The van der Waals surface area contributed by atoms with Crippen molar-refractivity contribution in [3.8, 4) is 10.4 Å². The Morgan fingerprint density at radius 1 is 1.33 bits per heavy atom. The molecule has 112 valence electrons. The summed E-state index contributed by atoms with van der Waals surface area (Å²) in [5.74, 6) is -0.367. The Morgan fingerprint density at radius 3 is 2.71 bits per heavy atom. The van der Waals surface area contributed by atoms with E-state index in [1.54, 1.807) is 17.4 Å². The zero-order valence-corrected chi connectivity index (χ0v) is 12.8. The highest BCUT2D eigenvalue weighted by molar-refractivity contribution is 7.15. The fraction of sp³-hybridized carbons (Fsp3) is 0.312. The number of carbonyl (C=O) groups is 1. The van der Waals surface area contributed by atoms with Crippen LogP contribution in [0.2, 0.25) is 0 Å². The number of halogens is 1. The predicted molar refractivity (Wildman–Crippen MR) is 82.7 cm³/mol. The maximum Gasteiger partial charge on any atom is 0.245 e. The molecule has 0 saturated heterocycles. The zero-order chi connectivity index (χ0) is 15.4. The Morgan fingerprint density at radius 2 is 2.10 bits per heavy atom. The average molecular weight is 307 g/mol. The SMILES string of the molecule is CC(C)c1ccc(-c2ccc(F)cc2CNC(=O)CO)s1. The molecule has 3 nitrogen and oxygen atoms in total. The molecule has 0 aliphatic carbocycles. The molecule has 1 amide bonds. The van der Waals surface area contributed by atoms with E-state index in [4.69, 9.17) is 5.11 Å². The van der Waals surface area contributed by atoms with Crippen molar-refractivity contribution in [3.63, 3.8) is 0 Å². The first-order valence-electron chi connectivity index (χ1n) is 6.77. The Balaban J connectivity index is 2.31. The van der Waals surface area contributed by atoms with E-state index in [-0.39, 0.29) is 12.4 Å². The van der Waals surface area contributed by atoms with Gasteiger partial charge in [0, 0.05) is 16.3 Å². The van der Waals surface area contributed by atoms with Gasteiger partial charge >= 0.3 is 0 Å².